The van der Waals surface area contributed by atoms with E-state index in [1.54, 1.807) is 6.07 Å². The highest BCUT2D eigenvalue weighted by atomic mass is 16.3. The summed E-state index contributed by atoms with van der Waals surface area (Å²) in [4.78, 5) is 14.2. The number of rotatable bonds is 5. The largest absolute Gasteiger partial charge is 0.451 e. The number of furan rings is 1. The van der Waals surface area contributed by atoms with E-state index in [1.807, 2.05) is 67.5 Å². The molecule has 3 rings (SSSR count). The molecule has 0 saturated heterocycles. The first kappa shape index (κ1) is 16.1. The van der Waals surface area contributed by atoms with E-state index in [0.717, 1.165) is 16.6 Å². The topological polar surface area (TPSA) is 65.7 Å². The molecule has 3 aromatic rings. The van der Waals surface area contributed by atoms with Gasteiger partial charge in [-0.25, -0.2) is 0 Å². The summed E-state index contributed by atoms with van der Waals surface area (Å²) in [5, 5.41) is 13.8. The molecule has 2 aromatic carbocycles. The Bertz CT molecular complexity index is 804. The fraction of sp³-hybridized carbons (Fsp3) is 0.211. The molecule has 0 radical (unpaired) electrons. The van der Waals surface area contributed by atoms with Gasteiger partial charge in [0.2, 0.25) is 0 Å². The number of anilines is 1. The quantitative estimate of drug-likeness (QED) is 0.757. The van der Waals surface area contributed by atoms with E-state index in [9.17, 15) is 9.90 Å². The minimum absolute atomic E-state index is 0.122. The van der Waals surface area contributed by atoms with Crippen LogP contribution in [-0.4, -0.2) is 31.7 Å². The molecule has 0 spiro atoms. The van der Waals surface area contributed by atoms with Crippen LogP contribution in [0.15, 0.2) is 59.0 Å². The summed E-state index contributed by atoms with van der Waals surface area (Å²) >= 11 is 0. The Kier molecular flexibility index (Phi) is 4.53. The summed E-state index contributed by atoms with van der Waals surface area (Å²) in [5.41, 5.74) is 2.48. The van der Waals surface area contributed by atoms with Gasteiger partial charge in [0.05, 0.1) is 6.10 Å². The molecule has 1 heterocycles. The Morgan fingerprint density at radius 3 is 2.54 bits per heavy atom. The fourth-order valence-electron chi connectivity index (χ4n) is 2.48. The number of amides is 1. The van der Waals surface area contributed by atoms with Crippen molar-refractivity contribution in [3.63, 3.8) is 0 Å². The molecular formula is C19H20N2O3. The van der Waals surface area contributed by atoms with Gasteiger partial charge in [0.25, 0.3) is 5.91 Å². The normalized spacial score (nSPS) is 12.1. The number of fused-ring (bicyclic) bond motifs is 1. The maximum absolute atomic E-state index is 12.2. The van der Waals surface area contributed by atoms with Gasteiger partial charge < -0.3 is 19.7 Å². The van der Waals surface area contributed by atoms with Crippen molar-refractivity contribution in [1.29, 1.82) is 0 Å². The first-order valence-electron chi connectivity index (χ1n) is 7.77. The van der Waals surface area contributed by atoms with E-state index in [1.165, 1.54) is 0 Å². The second-order valence-electron chi connectivity index (χ2n) is 5.86. The van der Waals surface area contributed by atoms with Crippen LogP contribution in [-0.2, 0) is 0 Å². The number of nitrogens with one attached hydrogen (secondary N) is 1. The maximum Gasteiger partial charge on any atom is 0.287 e. The van der Waals surface area contributed by atoms with Gasteiger partial charge in [-0.2, -0.15) is 0 Å². The van der Waals surface area contributed by atoms with E-state index < -0.39 is 6.10 Å². The molecule has 0 saturated carbocycles. The molecule has 0 aliphatic heterocycles. The molecule has 124 valence electrons. The van der Waals surface area contributed by atoms with E-state index in [-0.39, 0.29) is 18.2 Å². The molecule has 0 aliphatic rings. The number of para-hydroxylation sites is 1. The highest BCUT2D eigenvalue weighted by molar-refractivity contribution is 5.96. The molecule has 1 amide bonds. The maximum atomic E-state index is 12.2. The highest BCUT2D eigenvalue weighted by Gasteiger charge is 2.14. The molecule has 2 N–H and O–H groups in total. The zero-order valence-corrected chi connectivity index (χ0v) is 13.7. The highest BCUT2D eigenvalue weighted by Crippen LogP contribution is 2.20. The minimum atomic E-state index is -0.769. The number of nitrogens with zero attached hydrogens (tertiary/aromatic N) is 1. The van der Waals surface area contributed by atoms with Crippen LogP contribution in [0.5, 0.6) is 0 Å². The Morgan fingerprint density at radius 2 is 1.88 bits per heavy atom. The number of hydrogen-bond acceptors (Lipinski definition) is 4. The van der Waals surface area contributed by atoms with Gasteiger partial charge in [-0.05, 0) is 29.8 Å². The summed E-state index contributed by atoms with van der Waals surface area (Å²) in [5.74, 6) is -0.0958. The lowest BCUT2D eigenvalue weighted by Crippen LogP contribution is -2.28. The molecule has 0 bridgehead atoms. The second-order valence-corrected chi connectivity index (χ2v) is 5.86. The number of carbonyl (C=O) groups excluding carboxylic acids is 1. The van der Waals surface area contributed by atoms with Gasteiger partial charge in [-0.15, -0.1) is 0 Å². The standard InChI is InChI=1S/C19H20N2O3/c1-21(2)15-9-7-13(8-10-15)16(22)12-20-19(23)18-11-14-5-3-4-6-17(14)24-18/h3-11,16,22H,12H2,1-2H3,(H,20,23)/t16-/m1/s1. The summed E-state index contributed by atoms with van der Waals surface area (Å²) in [7, 11) is 3.91. The van der Waals surface area contributed by atoms with Crippen LogP contribution in [0.1, 0.15) is 22.2 Å². The zero-order valence-electron chi connectivity index (χ0n) is 13.7. The molecule has 1 atom stereocenters. The number of benzene rings is 2. The summed E-state index contributed by atoms with van der Waals surface area (Å²) in [6.07, 6.45) is -0.769. The third kappa shape index (κ3) is 3.41. The number of hydrogen-bond donors (Lipinski definition) is 2. The van der Waals surface area contributed by atoms with Crippen LogP contribution >= 0.6 is 0 Å². The van der Waals surface area contributed by atoms with Crippen molar-refractivity contribution in [3.05, 3.63) is 65.9 Å². The molecule has 0 aliphatic carbocycles. The molecule has 5 heteroatoms. The van der Waals surface area contributed by atoms with Crippen molar-refractivity contribution < 1.29 is 14.3 Å². The minimum Gasteiger partial charge on any atom is -0.451 e. The lowest BCUT2D eigenvalue weighted by Gasteiger charge is -2.15. The predicted molar refractivity (Wildman–Crippen MR) is 94.3 cm³/mol. The average Bonchev–Trinajstić information content (AvgIpc) is 3.03. The van der Waals surface area contributed by atoms with Gasteiger partial charge in [-0.3, -0.25) is 4.79 Å². The third-order valence-corrected chi connectivity index (χ3v) is 3.90. The van der Waals surface area contributed by atoms with E-state index in [2.05, 4.69) is 5.32 Å². The molecule has 0 fully saturated rings. The number of aliphatic hydroxyl groups excluding tert-OH is 1. The smallest absolute Gasteiger partial charge is 0.287 e. The summed E-state index contributed by atoms with van der Waals surface area (Å²) < 4.78 is 5.51. The van der Waals surface area contributed by atoms with Gasteiger partial charge in [0.15, 0.2) is 5.76 Å². The summed E-state index contributed by atoms with van der Waals surface area (Å²) in [6, 6.07) is 16.7. The Morgan fingerprint density at radius 1 is 1.17 bits per heavy atom. The molecule has 0 unspecified atom stereocenters. The van der Waals surface area contributed by atoms with Crippen LogP contribution in [0.2, 0.25) is 0 Å². The van der Waals surface area contributed by atoms with Crippen LogP contribution in [0.25, 0.3) is 11.0 Å². The Labute approximate surface area is 140 Å². The third-order valence-electron chi connectivity index (χ3n) is 3.90. The van der Waals surface area contributed by atoms with Gasteiger partial charge in [0.1, 0.15) is 5.58 Å². The molecular weight excluding hydrogens is 304 g/mol. The summed E-state index contributed by atoms with van der Waals surface area (Å²) in [6.45, 7) is 0.122. The first-order valence-corrected chi connectivity index (χ1v) is 7.77. The van der Waals surface area contributed by atoms with Crippen LogP contribution in [0.4, 0.5) is 5.69 Å². The van der Waals surface area contributed by atoms with E-state index in [0.29, 0.717) is 5.58 Å². The number of aliphatic hydroxyl groups is 1. The van der Waals surface area contributed by atoms with Crippen LogP contribution in [0.3, 0.4) is 0 Å². The predicted octanol–water partition coefficient (Wildman–Crippen LogP) is 2.96. The monoisotopic (exact) mass is 324 g/mol. The van der Waals surface area contributed by atoms with Gasteiger partial charge in [0, 0.05) is 31.7 Å². The average molecular weight is 324 g/mol. The van der Waals surface area contributed by atoms with Crippen molar-refractivity contribution in [1.82, 2.24) is 5.32 Å². The van der Waals surface area contributed by atoms with Crippen molar-refractivity contribution in [2.24, 2.45) is 0 Å². The van der Waals surface area contributed by atoms with Crippen molar-refractivity contribution >= 4 is 22.6 Å². The second kappa shape index (κ2) is 6.76. The van der Waals surface area contributed by atoms with Crippen LogP contribution < -0.4 is 10.2 Å². The van der Waals surface area contributed by atoms with Gasteiger partial charge >= 0.3 is 0 Å². The lowest BCUT2D eigenvalue weighted by molar-refractivity contribution is 0.0891. The zero-order chi connectivity index (χ0) is 17.1. The van der Waals surface area contributed by atoms with Crippen LogP contribution in [0, 0.1) is 0 Å². The van der Waals surface area contributed by atoms with E-state index in [4.69, 9.17) is 4.42 Å². The molecule has 24 heavy (non-hydrogen) atoms. The lowest BCUT2D eigenvalue weighted by atomic mass is 10.1. The van der Waals surface area contributed by atoms with Gasteiger partial charge in [-0.1, -0.05) is 30.3 Å². The van der Waals surface area contributed by atoms with Crippen molar-refractivity contribution in [2.75, 3.05) is 25.5 Å². The Balaban J connectivity index is 1.62. The fourth-order valence-corrected chi connectivity index (χ4v) is 2.48. The first-order chi connectivity index (χ1) is 11.5. The Hall–Kier alpha value is -2.79. The SMILES string of the molecule is CN(C)c1ccc([C@H](O)CNC(=O)c2cc3ccccc3o2)cc1. The van der Waals surface area contributed by atoms with Crippen molar-refractivity contribution in [3.8, 4) is 0 Å². The van der Waals surface area contributed by atoms with Crippen molar-refractivity contribution in [2.45, 2.75) is 6.10 Å². The number of carbonyl (C=O) groups is 1. The molecule has 1 aromatic heterocycles. The van der Waals surface area contributed by atoms with E-state index >= 15 is 0 Å². The molecule has 5 nitrogen and oxygen atoms in total.